The number of ether oxygens (including phenoxy) is 1. The van der Waals surface area contributed by atoms with E-state index in [0.29, 0.717) is 17.4 Å². The Kier molecular flexibility index (Phi) is 57.8. The number of hydrogen-bond acceptors (Lipinski definition) is 6. The van der Waals surface area contributed by atoms with E-state index in [1.807, 2.05) is 33.3 Å². The van der Waals surface area contributed by atoms with Crippen molar-refractivity contribution in [1.29, 1.82) is 0 Å². The van der Waals surface area contributed by atoms with E-state index in [0.717, 1.165) is 122 Å². The van der Waals surface area contributed by atoms with Crippen LogP contribution >= 0.6 is 7.82 Å². The molecule has 0 aromatic carbocycles. The smallest absolute Gasteiger partial charge is 0.456 e. The third-order valence-electron chi connectivity index (χ3n) is 14.5. The molecule has 0 saturated heterocycles. The van der Waals surface area contributed by atoms with Crippen molar-refractivity contribution in [1.82, 2.24) is 5.32 Å². The highest BCUT2D eigenvalue weighted by Gasteiger charge is 2.30. The Balaban J connectivity index is 5.19. The van der Waals surface area contributed by atoms with Gasteiger partial charge in [0.25, 0.3) is 0 Å². The Morgan fingerprint density at radius 3 is 1.21 bits per heavy atom. The third kappa shape index (κ3) is 61.3. The molecular formula is C71H128N2O7P+. The molecule has 468 valence electrons. The highest BCUT2D eigenvalue weighted by molar-refractivity contribution is 7.47. The minimum Gasteiger partial charge on any atom is -0.456 e. The number of carbonyl (C=O) groups excluding carboxylic acids is 2. The van der Waals surface area contributed by atoms with Crippen LogP contribution in [0.15, 0.2) is 97.2 Å². The Morgan fingerprint density at radius 2 is 0.790 bits per heavy atom. The van der Waals surface area contributed by atoms with Crippen LogP contribution in [-0.2, 0) is 27.9 Å². The summed E-state index contributed by atoms with van der Waals surface area (Å²) in [4.78, 5) is 37.8. The van der Waals surface area contributed by atoms with Crippen molar-refractivity contribution in [2.24, 2.45) is 0 Å². The minimum absolute atomic E-state index is 0.0339. The van der Waals surface area contributed by atoms with E-state index < -0.39 is 20.0 Å². The number of phosphoric acid groups is 1. The summed E-state index contributed by atoms with van der Waals surface area (Å²) in [6, 6.07) is -0.861. The predicted octanol–water partition coefficient (Wildman–Crippen LogP) is 21.1. The molecule has 3 unspecified atom stereocenters. The summed E-state index contributed by atoms with van der Waals surface area (Å²) < 4.78 is 30.8. The quantitative estimate of drug-likeness (QED) is 0.0205. The molecule has 0 aromatic heterocycles. The number of unbranched alkanes of at least 4 members (excludes halogenated alkanes) is 30. The van der Waals surface area contributed by atoms with Crippen LogP contribution in [0.4, 0.5) is 0 Å². The number of amides is 1. The lowest BCUT2D eigenvalue weighted by atomic mass is 10.0. The fourth-order valence-corrected chi connectivity index (χ4v) is 10.1. The molecule has 81 heavy (non-hydrogen) atoms. The van der Waals surface area contributed by atoms with Crippen molar-refractivity contribution in [3.8, 4) is 0 Å². The van der Waals surface area contributed by atoms with Gasteiger partial charge in [-0.3, -0.25) is 18.6 Å². The Labute approximate surface area is 500 Å². The molecule has 0 fully saturated rings. The Bertz CT molecular complexity index is 1710. The zero-order valence-corrected chi connectivity index (χ0v) is 54.4. The van der Waals surface area contributed by atoms with E-state index in [2.05, 4.69) is 111 Å². The van der Waals surface area contributed by atoms with Gasteiger partial charge in [-0.25, -0.2) is 4.57 Å². The van der Waals surface area contributed by atoms with Crippen LogP contribution in [-0.4, -0.2) is 74.3 Å². The number of rotatable bonds is 60. The number of quaternary nitrogens is 1. The molecular weight excluding hydrogens is 1020 g/mol. The molecule has 0 bridgehead atoms. The number of likely N-dealkylation sites (N-methyl/N-ethyl adjacent to an activating group) is 1. The van der Waals surface area contributed by atoms with Crippen LogP contribution in [0.3, 0.4) is 0 Å². The van der Waals surface area contributed by atoms with Gasteiger partial charge in [-0.1, -0.05) is 266 Å². The zero-order chi connectivity index (χ0) is 59.3. The molecule has 10 heteroatoms. The first-order valence-corrected chi connectivity index (χ1v) is 35.1. The molecule has 9 nitrogen and oxygen atoms in total. The fraction of sp³-hybridized carbons (Fsp3) is 0.746. The second-order valence-electron chi connectivity index (χ2n) is 23.6. The largest absolute Gasteiger partial charge is 0.472 e. The van der Waals surface area contributed by atoms with E-state index in [1.165, 1.54) is 135 Å². The van der Waals surface area contributed by atoms with Gasteiger partial charge in [-0.2, -0.15) is 0 Å². The molecule has 0 saturated carbocycles. The van der Waals surface area contributed by atoms with Crippen LogP contribution < -0.4 is 5.32 Å². The van der Waals surface area contributed by atoms with Gasteiger partial charge in [0, 0.05) is 12.8 Å². The monoisotopic (exact) mass is 1150 g/mol. The van der Waals surface area contributed by atoms with E-state index in [-0.39, 0.29) is 31.5 Å². The summed E-state index contributed by atoms with van der Waals surface area (Å²) in [7, 11) is 1.48. The molecule has 0 spiro atoms. The fourth-order valence-electron chi connectivity index (χ4n) is 9.35. The van der Waals surface area contributed by atoms with E-state index in [4.69, 9.17) is 13.8 Å². The molecule has 3 atom stereocenters. The number of nitrogens with zero attached hydrogens (tertiary/aromatic N) is 1. The van der Waals surface area contributed by atoms with Crippen molar-refractivity contribution in [2.45, 2.75) is 303 Å². The van der Waals surface area contributed by atoms with Gasteiger partial charge in [0.15, 0.2) is 0 Å². The van der Waals surface area contributed by atoms with E-state index >= 15 is 0 Å². The summed E-state index contributed by atoms with van der Waals surface area (Å²) >= 11 is 0. The second kappa shape index (κ2) is 60.1. The average Bonchev–Trinajstić information content (AvgIpc) is 3.44. The lowest BCUT2D eigenvalue weighted by molar-refractivity contribution is -0.870. The Morgan fingerprint density at radius 1 is 0.444 bits per heavy atom. The number of phosphoric ester groups is 1. The van der Waals surface area contributed by atoms with E-state index in [9.17, 15) is 19.0 Å². The molecule has 0 radical (unpaired) electrons. The lowest BCUT2D eigenvalue weighted by Crippen LogP contribution is -2.47. The van der Waals surface area contributed by atoms with Crippen LogP contribution in [0.5, 0.6) is 0 Å². The Hall–Kier alpha value is -3.07. The van der Waals surface area contributed by atoms with Crippen molar-refractivity contribution in [3.05, 3.63) is 97.2 Å². The summed E-state index contributed by atoms with van der Waals surface area (Å²) in [5.41, 5.74) is 0. The molecule has 0 aliphatic rings. The van der Waals surface area contributed by atoms with Gasteiger partial charge in [-0.05, 0) is 109 Å². The molecule has 0 aliphatic carbocycles. The summed E-state index contributed by atoms with van der Waals surface area (Å²) in [6.45, 7) is 6.88. The topological polar surface area (TPSA) is 111 Å². The zero-order valence-electron chi connectivity index (χ0n) is 53.5. The van der Waals surface area contributed by atoms with Gasteiger partial charge < -0.3 is 19.4 Å². The second-order valence-corrected chi connectivity index (χ2v) is 25.1. The number of allylic oxidation sites excluding steroid dienone is 15. The molecule has 0 aromatic rings. The maximum absolute atomic E-state index is 13.6. The lowest BCUT2D eigenvalue weighted by Gasteiger charge is -2.27. The molecule has 2 N–H and O–H groups in total. The van der Waals surface area contributed by atoms with Gasteiger partial charge >= 0.3 is 13.8 Å². The van der Waals surface area contributed by atoms with Gasteiger partial charge in [0.05, 0.1) is 33.8 Å². The highest BCUT2D eigenvalue weighted by Crippen LogP contribution is 2.43. The standard InChI is InChI=1S/C71H127N2O7P/c1-7-10-13-16-19-22-25-28-30-32-33-34-35-36-37-38-39-41-43-46-49-52-55-58-61-64-71(75)80-69(62-59-56-53-50-47-44-27-24-21-18-15-12-9-3)68(67-79-81(76,77)78-66-65-73(4,5)6)72-70(74)63-60-57-54-51-48-45-42-40-31-29-26-23-20-17-14-11-8-2/h10,13,19-20,22-23,28-31,33-34,36-37,59,62,68-69H,7-9,11-12,14-18,21,24-27,32,35,38-58,60-61,63-67H2,1-6H3,(H-,72,74,76,77)/p+1/b13-10-,22-19-,23-20-,30-28-,31-29-,34-33-,37-36-,62-59-. The first kappa shape index (κ1) is 77.9. The predicted molar refractivity (Wildman–Crippen MR) is 350 cm³/mol. The summed E-state index contributed by atoms with van der Waals surface area (Å²) in [5, 5.41) is 3.06. The van der Waals surface area contributed by atoms with Crippen LogP contribution in [0.1, 0.15) is 290 Å². The number of esters is 1. The third-order valence-corrected chi connectivity index (χ3v) is 15.5. The van der Waals surface area contributed by atoms with Crippen molar-refractivity contribution < 1.29 is 37.3 Å². The number of nitrogens with one attached hydrogen (secondary N) is 1. The van der Waals surface area contributed by atoms with Crippen molar-refractivity contribution in [2.75, 3.05) is 40.9 Å². The van der Waals surface area contributed by atoms with E-state index in [1.54, 1.807) is 0 Å². The van der Waals surface area contributed by atoms with Gasteiger partial charge in [0.2, 0.25) is 5.91 Å². The van der Waals surface area contributed by atoms with Crippen LogP contribution in [0.25, 0.3) is 0 Å². The SMILES string of the molecule is CC/C=C\C/C=C\C/C=C\C/C=C\C/C=C\CCCCCCCCCCCC(=O)OC(/C=C\CCCCCCCCCCCCC)C(COP(=O)(O)OCC[N+](C)(C)C)NC(=O)CCCCCCCCC/C=C\C/C=C\CCCCC. The normalized spacial score (nSPS) is 14.2. The minimum atomic E-state index is -4.46. The van der Waals surface area contributed by atoms with Gasteiger partial charge in [0.1, 0.15) is 19.3 Å². The average molecular weight is 1150 g/mol. The number of hydrogen-bond donors (Lipinski definition) is 2. The molecule has 0 aliphatic heterocycles. The summed E-state index contributed by atoms with van der Waals surface area (Å²) in [5.74, 6) is -0.520. The maximum atomic E-state index is 13.6. The number of carbonyl (C=O) groups is 2. The first-order chi connectivity index (χ1) is 39.4. The maximum Gasteiger partial charge on any atom is 0.472 e. The molecule has 0 heterocycles. The van der Waals surface area contributed by atoms with Crippen LogP contribution in [0, 0.1) is 0 Å². The first-order valence-electron chi connectivity index (χ1n) is 33.6. The van der Waals surface area contributed by atoms with Crippen molar-refractivity contribution in [3.63, 3.8) is 0 Å². The highest BCUT2D eigenvalue weighted by atomic mass is 31.2. The van der Waals surface area contributed by atoms with Gasteiger partial charge in [-0.15, -0.1) is 0 Å². The van der Waals surface area contributed by atoms with Crippen molar-refractivity contribution >= 4 is 19.7 Å². The van der Waals surface area contributed by atoms with Crippen LogP contribution in [0.2, 0.25) is 0 Å². The summed E-state index contributed by atoms with van der Waals surface area (Å²) in [6.07, 6.45) is 81.2. The molecule has 0 rings (SSSR count). The molecule has 1 amide bonds.